The van der Waals surface area contributed by atoms with Gasteiger partial charge in [0.05, 0.1) is 18.1 Å². The molecule has 19 heavy (non-hydrogen) atoms. The minimum absolute atomic E-state index is 0.398. The average molecular weight is 256 g/mol. The van der Waals surface area contributed by atoms with Crippen LogP contribution in [0.15, 0.2) is 24.8 Å². The second kappa shape index (κ2) is 4.79. The lowest BCUT2D eigenvalue weighted by Gasteiger charge is -2.20. The molecule has 2 aromatic heterocycles. The summed E-state index contributed by atoms with van der Waals surface area (Å²) in [4.78, 5) is 19.3. The molecule has 1 saturated heterocycles. The molecule has 3 heterocycles. The number of hydrogen-bond acceptors (Lipinski definition) is 6. The van der Waals surface area contributed by atoms with Crippen LogP contribution in [0.2, 0.25) is 0 Å². The quantitative estimate of drug-likeness (QED) is 0.877. The van der Waals surface area contributed by atoms with Gasteiger partial charge in [-0.3, -0.25) is 4.98 Å². The van der Waals surface area contributed by atoms with Gasteiger partial charge in [0, 0.05) is 30.5 Å². The lowest BCUT2D eigenvalue weighted by Crippen LogP contribution is -2.28. The maximum atomic E-state index is 5.62. The molecule has 1 aliphatic heterocycles. The zero-order chi connectivity index (χ0) is 13.2. The molecule has 1 atom stereocenters. The van der Waals surface area contributed by atoms with Crippen molar-refractivity contribution in [2.75, 3.05) is 17.2 Å². The minimum atomic E-state index is 0.398. The van der Waals surface area contributed by atoms with Crippen LogP contribution in [0.25, 0.3) is 11.3 Å². The number of nitrogens with zero attached hydrogens (tertiary/aromatic N) is 5. The maximum Gasteiger partial charge on any atom is 0.225 e. The van der Waals surface area contributed by atoms with Crippen molar-refractivity contribution in [2.45, 2.75) is 25.8 Å². The smallest absolute Gasteiger partial charge is 0.225 e. The molecule has 0 radical (unpaired) electrons. The van der Waals surface area contributed by atoms with Crippen LogP contribution in [0, 0.1) is 0 Å². The van der Waals surface area contributed by atoms with Crippen molar-refractivity contribution in [3.8, 4) is 11.3 Å². The number of anilines is 2. The molecule has 0 amide bonds. The van der Waals surface area contributed by atoms with E-state index in [1.807, 2.05) is 0 Å². The molecule has 0 aliphatic carbocycles. The monoisotopic (exact) mass is 256 g/mol. The lowest BCUT2D eigenvalue weighted by atomic mass is 10.2. The molecule has 6 heteroatoms. The summed E-state index contributed by atoms with van der Waals surface area (Å²) in [6, 6.07) is 0.512. The van der Waals surface area contributed by atoms with Gasteiger partial charge in [0.25, 0.3) is 0 Å². The fraction of sp³-hybridized carbons (Fsp3) is 0.385. The first-order valence-electron chi connectivity index (χ1n) is 6.40. The van der Waals surface area contributed by atoms with Crippen LogP contribution in [0.1, 0.15) is 19.8 Å². The van der Waals surface area contributed by atoms with E-state index in [0.29, 0.717) is 17.6 Å². The van der Waals surface area contributed by atoms with Crippen LogP contribution in [-0.4, -0.2) is 32.5 Å². The van der Waals surface area contributed by atoms with E-state index in [-0.39, 0.29) is 0 Å². The Hall–Kier alpha value is -2.24. The summed E-state index contributed by atoms with van der Waals surface area (Å²) < 4.78 is 0. The van der Waals surface area contributed by atoms with Crippen LogP contribution in [0.3, 0.4) is 0 Å². The molecule has 6 nitrogen and oxygen atoms in total. The summed E-state index contributed by atoms with van der Waals surface area (Å²) in [7, 11) is 0. The van der Waals surface area contributed by atoms with Crippen LogP contribution < -0.4 is 10.6 Å². The van der Waals surface area contributed by atoms with E-state index >= 15 is 0 Å². The van der Waals surface area contributed by atoms with Crippen LogP contribution in [0.5, 0.6) is 0 Å². The first-order valence-corrected chi connectivity index (χ1v) is 6.40. The van der Waals surface area contributed by atoms with Crippen molar-refractivity contribution in [3.05, 3.63) is 24.8 Å². The second-order valence-corrected chi connectivity index (χ2v) is 4.79. The van der Waals surface area contributed by atoms with Crippen molar-refractivity contribution < 1.29 is 0 Å². The highest BCUT2D eigenvalue weighted by atomic mass is 15.3. The first kappa shape index (κ1) is 11.8. The third-order valence-electron chi connectivity index (χ3n) is 3.40. The number of nitrogens with two attached hydrogens (primary N) is 1. The molecule has 1 aliphatic rings. The molecule has 2 aromatic rings. The molecule has 0 aromatic carbocycles. The third-order valence-corrected chi connectivity index (χ3v) is 3.40. The van der Waals surface area contributed by atoms with E-state index < -0.39 is 0 Å². The van der Waals surface area contributed by atoms with Gasteiger partial charge in [-0.25, -0.2) is 15.0 Å². The van der Waals surface area contributed by atoms with E-state index in [1.165, 1.54) is 19.0 Å². The second-order valence-electron chi connectivity index (χ2n) is 4.79. The van der Waals surface area contributed by atoms with Gasteiger partial charge in [-0.2, -0.15) is 0 Å². The van der Waals surface area contributed by atoms with Gasteiger partial charge in [0.2, 0.25) is 5.95 Å². The van der Waals surface area contributed by atoms with Gasteiger partial charge in [0.1, 0.15) is 5.82 Å². The molecular weight excluding hydrogens is 240 g/mol. The zero-order valence-electron chi connectivity index (χ0n) is 10.8. The fourth-order valence-corrected chi connectivity index (χ4v) is 2.35. The molecule has 0 unspecified atom stereocenters. The van der Waals surface area contributed by atoms with Gasteiger partial charge < -0.3 is 10.6 Å². The van der Waals surface area contributed by atoms with Crippen LogP contribution >= 0.6 is 0 Å². The van der Waals surface area contributed by atoms with Crippen molar-refractivity contribution in [1.82, 2.24) is 19.9 Å². The Balaban J connectivity index is 1.86. The molecule has 2 N–H and O–H groups in total. The van der Waals surface area contributed by atoms with E-state index in [2.05, 4.69) is 31.8 Å². The highest BCUT2D eigenvalue weighted by Gasteiger charge is 2.22. The molecule has 0 saturated carbocycles. The number of nitrogen functional groups attached to an aromatic ring is 1. The molecule has 0 spiro atoms. The van der Waals surface area contributed by atoms with E-state index in [0.717, 1.165) is 18.1 Å². The molecular formula is C13H16N6. The van der Waals surface area contributed by atoms with Crippen molar-refractivity contribution in [1.29, 1.82) is 0 Å². The fourth-order valence-electron chi connectivity index (χ4n) is 2.35. The molecule has 98 valence electrons. The van der Waals surface area contributed by atoms with Crippen LogP contribution in [-0.2, 0) is 0 Å². The summed E-state index contributed by atoms with van der Waals surface area (Å²) in [6.07, 6.45) is 9.13. The van der Waals surface area contributed by atoms with Gasteiger partial charge in [0.15, 0.2) is 0 Å². The minimum Gasteiger partial charge on any atom is -0.382 e. The standard InChI is InChI=1S/C13H16N6/c1-9-3-2-4-19(9)13-16-5-10(6-17-13)11-7-15-8-12(14)18-11/h5-9H,2-4H2,1H3,(H2,14,18)/t9-/m0/s1. The first-order chi connectivity index (χ1) is 9.24. The lowest BCUT2D eigenvalue weighted by molar-refractivity contribution is 0.717. The van der Waals surface area contributed by atoms with Crippen molar-refractivity contribution in [3.63, 3.8) is 0 Å². The van der Waals surface area contributed by atoms with E-state index in [1.54, 1.807) is 18.6 Å². The Morgan fingerprint density at radius 1 is 1.21 bits per heavy atom. The Morgan fingerprint density at radius 3 is 2.63 bits per heavy atom. The Morgan fingerprint density at radius 2 is 2.00 bits per heavy atom. The highest BCUT2D eigenvalue weighted by molar-refractivity contribution is 5.58. The summed E-state index contributed by atoms with van der Waals surface area (Å²) in [5.41, 5.74) is 7.15. The number of aromatic nitrogens is 4. The Labute approximate surface area is 111 Å². The predicted octanol–water partition coefficient (Wildman–Crippen LogP) is 1.50. The Kier molecular flexibility index (Phi) is 2.98. The highest BCUT2D eigenvalue weighted by Crippen LogP contribution is 2.23. The molecule has 0 bridgehead atoms. The third kappa shape index (κ3) is 2.33. The van der Waals surface area contributed by atoms with Gasteiger partial charge in [-0.05, 0) is 19.8 Å². The van der Waals surface area contributed by atoms with Gasteiger partial charge in [-0.1, -0.05) is 0 Å². The Bertz CT molecular complexity index is 568. The number of hydrogen-bond donors (Lipinski definition) is 1. The van der Waals surface area contributed by atoms with E-state index in [9.17, 15) is 0 Å². The van der Waals surface area contributed by atoms with E-state index in [4.69, 9.17) is 5.73 Å². The maximum absolute atomic E-state index is 5.62. The summed E-state index contributed by atoms with van der Waals surface area (Å²) in [5.74, 6) is 1.18. The summed E-state index contributed by atoms with van der Waals surface area (Å²) in [6.45, 7) is 3.23. The van der Waals surface area contributed by atoms with Crippen molar-refractivity contribution >= 4 is 11.8 Å². The SMILES string of the molecule is C[C@H]1CCCN1c1ncc(-c2cncc(N)n2)cn1. The predicted molar refractivity (Wildman–Crippen MR) is 73.5 cm³/mol. The molecule has 1 fully saturated rings. The summed E-state index contributed by atoms with van der Waals surface area (Å²) in [5, 5.41) is 0. The average Bonchev–Trinajstić information content (AvgIpc) is 2.85. The largest absolute Gasteiger partial charge is 0.382 e. The van der Waals surface area contributed by atoms with Crippen molar-refractivity contribution in [2.24, 2.45) is 0 Å². The normalized spacial score (nSPS) is 18.8. The topological polar surface area (TPSA) is 80.8 Å². The van der Waals surface area contributed by atoms with Gasteiger partial charge in [-0.15, -0.1) is 0 Å². The molecule has 3 rings (SSSR count). The van der Waals surface area contributed by atoms with Crippen LogP contribution in [0.4, 0.5) is 11.8 Å². The zero-order valence-corrected chi connectivity index (χ0v) is 10.8. The summed E-state index contributed by atoms with van der Waals surface area (Å²) >= 11 is 0. The van der Waals surface area contributed by atoms with Gasteiger partial charge >= 0.3 is 0 Å². The number of rotatable bonds is 2.